The van der Waals surface area contributed by atoms with Crippen LogP contribution in [0, 0.1) is 5.82 Å². The maximum atomic E-state index is 13.6. The zero-order valence-corrected chi connectivity index (χ0v) is 11.2. The molecule has 0 aliphatic rings. The van der Waals surface area contributed by atoms with Crippen LogP contribution in [0.1, 0.15) is 5.56 Å². The Balaban J connectivity index is 3.45. The third-order valence-corrected chi connectivity index (χ3v) is 3.30. The molecule has 0 fully saturated rings. The number of phenolic OH excluding ortho intramolecular Hbond substituents is 1. The fraction of sp³-hybridized carbons (Fsp3) is 0.250. The highest BCUT2D eigenvalue weighted by Crippen LogP contribution is 2.37. The summed E-state index contributed by atoms with van der Waals surface area (Å²) in [7, 11) is 2.27. The third-order valence-electron chi connectivity index (χ3n) is 1.77. The van der Waals surface area contributed by atoms with Gasteiger partial charge < -0.3 is 9.84 Å². The zero-order valence-electron chi connectivity index (χ0n) is 8.00. The first-order valence-electron chi connectivity index (χ1n) is 3.92. The molecule has 1 rings (SSSR count). The minimum atomic E-state index is -3.95. The lowest BCUT2D eigenvalue weighted by molar-refractivity contribution is 0.365. The Hall–Kier alpha value is -0.530. The number of aromatic hydroxyl groups is 1. The van der Waals surface area contributed by atoms with Crippen molar-refractivity contribution in [2.24, 2.45) is 0 Å². The smallest absolute Gasteiger partial charge is 0.237 e. The molecule has 0 aliphatic carbocycles. The molecule has 0 radical (unpaired) electrons. The van der Waals surface area contributed by atoms with E-state index >= 15 is 0 Å². The van der Waals surface area contributed by atoms with Crippen molar-refractivity contribution in [2.75, 3.05) is 7.11 Å². The van der Waals surface area contributed by atoms with Crippen LogP contribution in [-0.4, -0.2) is 20.6 Å². The first kappa shape index (κ1) is 13.5. The predicted molar refractivity (Wildman–Crippen MR) is 60.8 cm³/mol. The Morgan fingerprint density at radius 3 is 2.62 bits per heavy atom. The van der Waals surface area contributed by atoms with E-state index in [-0.39, 0.29) is 21.5 Å². The fourth-order valence-electron chi connectivity index (χ4n) is 1.18. The van der Waals surface area contributed by atoms with Crippen molar-refractivity contribution in [3.63, 3.8) is 0 Å². The molecule has 0 amide bonds. The lowest BCUT2D eigenvalue weighted by Crippen LogP contribution is -2.02. The molecule has 0 saturated heterocycles. The van der Waals surface area contributed by atoms with Gasteiger partial charge in [0.05, 0.1) is 22.9 Å². The van der Waals surface area contributed by atoms with Crippen molar-refractivity contribution in [1.29, 1.82) is 0 Å². The summed E-state index contributed by atoms with van der Waals surface area (Å²) >= 11 is 2.84. The molecular weight excluding hydrogens is 327 g/mol. The van der Waals surface area contributed by atoms with Crippen LogP contribution in [-0.2, 0) is 14.8 Å². The minimum Gasteiger partial charge on any atom is -0.504 e. The van der Waals surface area contributed by atoms with Crippen LogP contribution >= 0.6 is 26.6 Å². The van der Waals surface area contributed by atoms with E-state index < -0.39 is 20.6 Å². The second-order valence-electron chi connectivity index (χ2n) is 2.89. The lowest BCUT2D eigenvalue weighted by Gasteiger charge is -2.11. The first-order valence-corrected chi connectivity index (χ1v) is 7.19. The van der Waals surface area contributed by atoms with Gasteiger partial charge in [0.25, 0.3) is 0 Å². The van der Waals surface area contributed by atoms with Gasteiger partial charge in [-0.25, -0.2) is 12.8 Å². The predicted octanol–water partition coefficient (Wildman–Crippen LogP) is 2.37. The first-order chi connectivity index (χ1) is 7.26. The van der Waals surface area contributed by atoms with Crippen molar-refractivity contribution in [3.05, 3.63) is 21.9 Å². The highest BCUT2D eigenvalue weighted by atomic mass is 79.9. The van der Waals surface area contributed by atoms with Crippen molar-refractivity contribution in [3.8, 4) is 11.5 Å². The van der Waals surface area contributed by atoms with Crippen LogP contribution in [0.5, 0.6) is 11.5 Å². The minimum absolute atomic E-state index is 0.0684. The molecule has 16 heavy (non-hydrogen) atoms. The Labute approximate surface area is 105 Å². The van der Waals surface area contributed by atoms with Crippen LogP contribution in [0.2, 0.25) is 0 Å². The number of hydrogen-bond acceptors (Lipinski definition) is 4. The monoisotopic (exact) mass is 332 g/mol. The van der Waals surface area contributed by atoms with E-state index in [1.54, 1.807) is 0 Å². The normalized spacial score (nSPS) is 11.5. The quantitative estimate of drug-likeness (QED) is 0.863. The van der Waals surface area contributed by atoms with Gasteiger partial charge in [-0.3, -0.25) is 0 Å². The van der Waals surface area contributed by atoms with Crippen LogP contribution < -0.4 is 4.74 Å². The third kappa shape index (κ3) is 2.99. The SMILES string of the molecule is COc1c(O)cc(Br)c(F)c1CS(=O)(=O)Cl. The number of rotatable bonds is 3. The molecule has 1 N–H and O–H groups in total. The molecular formula is C8H7BrClFO4S. The number of halogens is 3. The number of ether oxygens (including phenoxy) is 1. The summed E-state index contributed by atoms with van der Waals surface area (Å²) in [5, 5.41) is 9.43. The zero-order chi connectivity index (χ0) is 12.5. The van der Waals surface area contributed by atoms with E-state index in [1.165, 1.54) is 7.11 Å². The maximum Gasteiger partial charge on any atom is 0.237 e. The second kappa shape index (κ2) is 4.77. The molecule has 0 atom stereocenters. The molecule has 1 aromatic carbocycles. The van der Waals surface area contributed by atoms with Gasteiger partial charge in [-0.05, 0) is 15.9 Å². The van der Waals surface area contributed by atoms with Crippen LogP contribution in [0.25, 0.3) is 0 Å². The average molecular weight is 334 g/mol. The van der Waals surface area contributed by atoms with Gasteiger partial charge in [-0.1, -0.05) is 0 Å². The van der Waals surface area contributed by atoms with Crippen LogP contribution in [0.4, 0.5) is 4.39 Å². The van der Waals surface area contributed by atoms with Crippen molar-refractivity contribution >= 4 is 35.7 Å². The fourth-order valence-corrected chi connectivity index (χ4v) is 2.56. The summed E-state index contributed by atoms with van der Waals surface area (Å²) in [5.74, 6) is -2.22. The number of benzene rings is 1. The van der Waals surface area contributed by atoms with E-state index in [2.05, 4.69) is 15.9 Å². The Kier molecular flexibility index (Phi) is 4.03. The molecule has 0 aromatic heterocycles. The summed E-state index contributed by atoms with van der Waals surface area (Å²) in [5.41, 5.74) is -0.315. The van der Waals surface area contributed by atoms with E-state index in [4.69, 9.17) is 15.4 Å². The highest BCUT2D eigenvalue weighted by molar-refractivity contribution is 9.10. The molecule has 1 aromatic rings. The Bertz CT molecular complexity index is 517. The average Bonchev–Trinajstić information content (AvgIpc) is 2.12. The summed E-state index contributed by atoms with van der Waals surface area (Å²) in [6, 6.07) is 1.07. The molecule has 0 spiro atoms. The summed E-state index contributed by atoms with van der Waals surface area (Å²) < 4.78 is 40.0. The maximum absolute atomic E-state index is 13.6. The molecule has 0 saturated carbocycles. The van der Waals surface area contributed by atoms with Crippen LogP contribution in [0.15, 0.2) is 10.5 Å². The molecule has 4 nitrogen and oxygen atoms in total. The largest absolute Gasteiger partial charge is 0.504 e. The standard InChI is InChI=1S/C8H7BrClFO4S/c1-15-8-4(3-16(10,13)14)7(11)5(9)2-6(8)12/h2,12H,3H2,1H3. The summed E-state index contributed by atoms with van der Waals surface area (Å²) in [6.45, 7) is 0. The van der Waals surface area contributed by atoms with Crippen molar-refractivity contribution in [1.82, 2.24) is 0 Å². The Morgan fingerprint density at radius 1 is 1.62 bits per heavy atom. The number of hydrogen-bond donors (Lipinski definition) is 1. The van der Waals surface area contributed by atoms with Gasteiger partial charge in [0.2, 0.25) is 9.05 Å². The van der Waals surface area contributed by atoms with Crippen molar-refractivity contribution < 1.29 is 22.7 Å². The summed E-state index contributed by atoms with van der Waals surface area (Å²) in [6.07, 6.45) is 0. The second-order valence-corrected chi connectivity index (χ2v) is 6.52. The number of phenols is 1. The molecule has 0 heterocycles. The number of methoxy groups -OCH3 is 1. The van der Waals surface area contributed by atoms with Gasteiger partial charge in [0.15, 0.2) is 11.5 Å². The molecule has 8 heteroatoms. The van der Waals surface area contributed by atoms with Gasteiger partial charge in [-0.2, -0.15) is 0 Å². The lowest BCUT2D eigenvalue weighted by atomic mass is 10.2. The Morgan fingerprint density at radius 2 is 2.19 bits per heavy atom. The molecule has 90 valence electrons. The van der Waals surface area contributed by atoms with Crippen molar-refractivity contribution in [2.45, 2.75) is 5.75 Å². The molecule has 0 bridgehead atoms. The van der Waals surface area contributed by atoms with Gasteiger partial charge in [0.1, 0.15) is 5.82 Å². The highest BCUT2D eigenvalue weighted by Gasteiger charge is 2.22. The topological polar surface area (TPSA) is 63.6 Å². The molecule has 0 unspecified atom stereocenters. The summed E-state index contributed by atoms with van der Waals surface area (Å²) in [4.78, 5) is 0. The van der Waals surface area contributed by atoms with E-state index in [0.29, 0.717) is 0 Å². The van der Waals surface area contributed by atoms with E-state index in [9.17, 15) is 17.9 Å². The van der Waals surface area contributed by atoms with E-state index in [0.717, 1.165) is 6.07 Å². The van der Waals surface area contributed by atoms with Gasteiger partial charge in [-0.15, -0.1) is 0 Å². The van der Waals surface area contributed by atoms with Gasteiger partial charge in [0, 0.05) is 16.7 Å². The molecule has 0 aliphatic heterocycles. The van der Waals surface area contributed by atoms with Gasteiger partial charge >= 0.3 is 0 Å². The van der Waals surface area contributed by atoms with Crippen LogP contribution in [0.3, 0.4) is 0 Å². The van der Waals surface area contributed by atoms with E-state index in [1.807, 2.05) is 0 Å².